The number of nitrogens with one attached hydrogen (secondary N) is 2. The van der Waals surface area contributed by atoms with Crippen molar-refractivity contribution in [2.45, 2.75) is 50.9 Å². The van der Waals surface area contributed by atoms with Crippen LogP contribution in [0.25, 0.3) is 0 Å². The molecule has 1 saturated heterocycles. The fourth-order valence-electron chi connectivity index (χ4n) is 7.21. The van der Waals surface area contributed by atoms with Gasteiger partial charge in [-0.15, -0.1) is 0 Å². The Labute approximate surface area is 288 Å². The summed E-state index contributed by atoms with van der Waals surface area (Å²) < 4.78 is 10.6. The van der Waals surface area contributed by atoms with Gasteiger partial charge in [0.05, 0.1) is 35.7 Å². The Morgan fingerprint density at radius 2 is 1.49 bits per heavy atom. The smallest absolute Gasteiger partial charge is 0.336 e. The van der Waals surface area contributed by atoms with E-state index in [1.807, 2.05) is 6.92 Å². The molecule has 10 nitrogen and oxygen atoms in total. The van der Waals surface area contributed by atoms with E-state index in [-0.39, 0.29) is 28.9 Å². The Balaban J connectivity index is 1.28. The van der Waals surface area contributed by atoms with Crippen LogP contribution in [0.4, 0.5) is 5.69 Å². The second kappa shape index (κ2) is 16.5. The normalized spacial score (nSPS) is 17.7. The van der Waals surface area contributed by atoms with E-state index >= 15 is 0 Å². The average molecular weight is 667 g/mol. The molecule has 49 heavy (non-hydrogen) atoms. The van der Waals surface area contributed by atoms with Gasteiger partial charge in [-0.05, 0) is 75.5 Å². The average Bonchev–Trinajstić information content (AvgIpc) is 3.14. The highest BCUT2D eigenvalue weighted by Crippen LogP contribution is 2.42. The van der Waals surface area contributed by atoms with Crippen molar-refractivity contribution in [2.75, 3.05) is 46.4 Å². The van der Waals surface area contributed by atoms with Crippen molar-refractivity contribution in [2.24, 2.45) is 0 Å². The van der Waals surface area contributed by atoms with E-state index in [9.17, 15) is 19.7 Å². The van der Waals surface area contributed by atoms with Crippen LogP contribution in [0.3, 0.4) is 0 Å². The molecule has 2 aliphatic rings. The lowest BCUT2D eigenvalue weighted by Crippen LogP contribution is -2.44. The molecular weight excluding hydrogens is 620 g/mol. The molecule has 0 bridgehead atoms. The molecule has 2 N–H and O–H groups in total. The number of hydrogen-bond acceptors (Lipinski definition) is 9. The maximum Gasteiger partial charge on any atom is 0.336 e. The number of non-ortho nitro benzene ring substituents is 1. The van der Waals surface area contributed by atoms with Crippen molar-refractivity contribution in [1.29, 1.82) is 0 Å². The molecule has 1 fully saturated rings. The Kier molecular flexibility index (Phi) is 12.0. The number of carbonyl (C=O) groups is 2. The number of nitro benzene ring substituents is 1. The first-order valence-electron chi connectivity index (χ1n) is 17.1. The number of piperidine rings is 1. The van der Waals surface area contributed by atoms with Crippen molar-refractivity contribution in [3.8, 4) is 0 Å². The topological polar surface area (TPSA) is 123 Å². The molecule has 10 heteroatoms. The number of nitrogens with zero attached hydrogens (tertiary/aromatic N) is 2. The molecule has 0 amide bonds. The number of benzene rings is 3. The third kappa shape index (κ3) is 7.92. The lowest BCUT2D eigenvalue weighted by atomic mass is 9.68. The van der Waals surface area contributed by atoms with Crippen molar-refractivity contribution >= 4 is 17.6 Å². The van der Waals surface area contributed by atoms with Crippen LogP contribution in [0.15, 0.2) is 107 Å². The number of allylic oxidation sites excluding steroid dienone is 1. The fourth-order valence-corrected chi connectivity index (χ4v) is 7.21. The molecular formula is C39H46N4O6. The predicted octanol–water partition coefficient (Wildman–Crippen LogP) is 6.00. The van der Waals surface area contributed by atoms with Gasteiger partial charge in [-0.3, -0.25) is 10.1 Å². The molecule has 0 aliphatic carbocycles. The van der Waals surface area contributed by atoms with Gasteiger partial charge in [-0.1, -0.05) is 79.7 Å². The first-order chi connectivity index (χ1) is 23.8. The SMILES string of the molecule is CCOC(=O)C1=C(CNCCCN2CCC(c3ccccc3)(c3ccccc3)CC2)NC(CC)=C(C(=O)OC)C1c1ccc([N+](=O)[O-])cc1. The summed E-state index contributed by atoms with van der Waals surface area (Å²) in [6, 6.07) is 27.6. The molecule has 0 radical (unpaired) electrons. The van der Waals surface area contributed by atoms with Crippen LogP contribution in [-0.2, 0) is 24.5 Å². The number of nitro groups is 1. The van der Waals surface area contributed by atoms with Gasteiger partial charge in [0.1, 0.15) is 0 Å². The van der Waals surface area contributed by atoms with Gasteiger partial charge in [0.2, 0.25) is 0 Å². The number of likely N-dealkylation sites (tertiary alicyclic amines) is 1. The number of methoxy groups -OCH3 is 1. The molecule has 3 aromatic carbocycles. The van der Waals surface area contributed by atoms with Crippen molar-refractivity contribution < 1.29 is 24.0 Å². The highest BCUT2D eigenvalue weighted by Gasteiger charge is 2.40. The summed E-state index contributed by atoms with van der Waals surface area (Å²) in [5.41, 5.74) is 5.05. The molecule has 0 spiro atoms. The molecule has 2 heterocycles. The molecule has 0 saturated carbocycles. The summed E-state index contributed by atoms with van der Waals surface area (Å²) in [5, 5.41) is 18.2. The maximum absolute atomic E-state index is 13.5. The molecule has 1 atom stereocenters. The van der Waals surface area contributed by atoms with Crippen LogP contribution in [0.2, 0.25) is 0 Å². The molecule has 3 aromatic rings. The van der Waals surface area contributed by atoms with Gasteiger partial charge in [0.25, 0.3) is 5.69 Å². The van der Waals surface area contributed by atoms with E-state index < -0.39 is 22.8 Å². The van der Waals surface area contributed by atoms with Gasteiger partial charge in [-0.2, -0.15) is 0 Å². The molecule has 2 aliphatic heterocycles. The van der Waals surface area contributed by atoms with E-state index in [4.69, 9.17) is 9.47 Å². The monoisotopic (exact) mass is 666 g/mol. The largest absolute Gasteiger partial charge is 0.466 e. The standard InChI is InChI=1S/C39H46N4O6/c1-4-32-35(37(44)48-3)34(28-17-19-31(20-18-28)43(46)47)36(38(45)49-5-2)33(41-32)27-40-23-12-24-42-25-21-39(22-26-42,29-13-8-6-9-14-29)30-15-10-7-11-16-30/h6-11,13-20,34,40-41H,4-5,12,21-27H2,1-3H3. The molecule has 1 unspecified atom stereocenters. The van der Waals surface area contributed by atoms with Crippen LogP contribution in [-0.4, -0.2) is 68.2 Å². The van der Waals surface area contributed by atoms with Gasteiger partial charge >= 0.3 is 11.9 Å². The van der Waals surface area contributed by atoms with Crippen LogP contribution >= 0.6 is 0 Å². The van der Waals surface area contributed by atoms with Crippen molar-refractivity contribution in [1.82, 2.24) is 15.5 Å². The number of ether oxygens (including phenoxy) is 2. The van der Waals surface area contributed by atoms with Gasteiger partial charge in [0.15, 0.2) is 0 Å². The van der Waals surface area contributed by atoms with E-state index in [0.717, 1.165) is 45.4 Å². The summed E-state index contributed by atoms with van der Waals surface area (Å²) >= 11 is 0. The second-order valence-corrected chi connectivity index (χ2v) is 12.4. The van der Waals surface area contributed by atoms with E-state index in [2.05, 4.69) is 76.2 Å². The molecule has 258 valence electrons. The Bertz CT molecular complexity index is 1620. The molecule has 5 rings (SSSR count). The summed E-state index contributed by atoms with van der Waals surface area (Å²) in [4.78, 5) is 40.1. The van der Waals surface area contributed by atoms with E-state index in [1.165, 1.54) is 30.4 Å². The minimum atomic E-state index is -0.817. The zero-order valence-corrected chi connectivity index (χ0v) is 28.6. The number of dihydropyridines is 1. The second-order valence-electron chi connectivity index (χ2n) is 12.4. The first-order valence-corrected chi connectivity index (χ1v) is 17.1. The lowest BCUT2D eigenvalue weighted by molar-refractivity contribution is -0.384. The summed E-state index contributed by atoms with van der Waals surface area (Å²) in [7, 11) is 1.30. The Morgan fingerprint density at radius 1 is 0.898 bits per heavy atom. The van der Waals surface area contributed by atoms with Gasteiger partial charge in [0, 0.05) is 35.5 Å². The van der Waals surface area contributed by atoms with Gasteiger partial charge in [-0.25, -0.2) is 9.59 Å². The third-order valence-corrected chi connectivity index (χ3v) is 9.71. The summed E-state index contributed by atoms with van der Waals surface area (Å²) in [6.07, 6.45) is 3.50. The number of carbonyl (C=O) groups excluding carboxylic acids is 2. The quantitative estimate of drug-likeness (QED) is 0.0924. The van der Waals surface area contributed by atoms with Crippen molar-refractivity contribution in [3.05, 3.63) is 134 Å². The fraction of sp³-hybridized carbons (Fsp3) is 0.385. The predicted molar refractivity (Wildman–Crippen MR) is 189 cm³/mol. The van der Waals surface area contributed by atoms with E-state index in [0.29, 0.717) is 29.9 Å². The van der Waals surface area contributed by atoms with Crippen LogP contribution in [0, 0.1) is 10.1 Å². The Morgan fingerprint density at radius 3 is 2.02 bits per heavy atom. The minimum Gasteiger partial charge on any atom is -0.466 e. The van der Waals surface area contributed by atoms with Crippen LogP contribution in [0.5, 0.6) is 0 Å². The summed E-state index contributed by atoms with van der Waals surface area (Å²) in [6.45, 7) is 7.82. The van der Waals surface area contributed by atoms with Crippen LogP contribution < -0.4 is 10.6 Å². The number of rotatable bonds is 14. The maximum atomic E-state index is 13.5. The van der Waals surface area contributed by atoms with Gasteiger partial charge < -0.3 is 25.0 Å². The lowest BCUT2D eigenvalue weighted by Gasteiger charge is -2.43. The van der Waals surface area contributed by atoms with Crippen molar-refractivity contribution in [3.63, 3.8) is 0 Å². The zero-order chi connectivity index (χ0) is 34.8. The number of esters is 2. The number of hydrogen-bond donors (Lipinski definition) is 2. The highest BCUT2D eigenvalue weighted by molar-refractivity contribution is 6.00. The summed E-state index contributed by atoms with van der Waals surface area (Å²) in [5.74, 6) is -1.95. The van der Waals surface area contributed by atoms with Crippen LogP contribution in [0.1, 0.15) is 62.1 Å². The third-order valence-electron chi connectivity index (χ3n) is 9.71. The highest BCUT2D eigenvalue weighted by atomic mass is 16.6. The first kappa shape index (κ1) is 35.5. The zero-order valence-electron chi connectivity index (χ0n) is 28.6. The Hall–Kier alpha value is -4.80. The van der Waals surface area contributed by atoms with E-state index in [1.54, 1.807) is 19.1 Å². The molecule has 0 aromatic heterocycles. The minimum absolute atomic E-state index is 0.00760.